The molecule has 0 bridgehead atoms. The number of carbonyl (C=O) groups excluding carboxylic acids is 1. The Bertz CT molecular complexity index is 444. The number of benzene rings is 1. The molecule has 0 aromatic heterocycles. The van der Waals surface area contributed by atoms with Crippen LogP contribution in [0.15, 0.2) is 12.1 Å². The van der Waals surface area contributed by atoms with Crippen molar-refractivity contribution < 1.29 is 19.7 Å². The van der Waals surface area contributed by atoms with E-state index in [2.05, 4.69) is 5.32 Å². The predicted molar refractivity (Wildman–Crippen MR) is 61.2 cm³/mol. The van der Waals surface area contributed by atoms with Crippen LogP contribution >= 0.6 is 0 Å². The Morgan fingerprint density at radius 1 is 1.47 bits per heavy atom. The fraction of sp³-hybridized carbons (Fsp3) is 0.417. The van der Waals surface area contributed by atoms with E-state index in [1.807, 2.05) is 0 Å². The van der Waals surface area contributed by atoms with Crippen LogP contribution in [0.3, 0.4) is 0 Å². The molecule has 0 spiro atoms. The van der Waals surface area contributed by atoms with Crippen molar-refractivity contribution in [3.8, 4) is 11.5 Å². The number of hydrogen-bond donors (Lipinski definition) is 3. The number of alkyl carbamates (subject to hydrolysis) is 1. The van der Waals surface area contributed by atoms with Crippen LogP contribution in [-0.4, -0.2) is 29.5 Å². The molecule has 0 saturated heterocycles. The standard InChI is InChI=1S/C12H15NO4/c1-2-17-12(16)13-6-8-3-7-4-10(14)11(15)5-9(7)8/h4-5,8,14-15H,2-3,6H2,1H3,(H,13,16). The van der Waals surface area contributed by atoms with E-state index in [0.717, 1.165) is 17.5 Å². The van der Waals surface area contributed by atoms with Gasteiger partial charge in [0.15, 0.2) is 11.5 Å². The number of fused-ring (bicyclic) bond motifs is 1. The summed E-state index contributed by atoms with van der Waals surface area (Å²) in [5, 5.41) is 21.3. The van der Waals surface area contributed by atoms with Gasteiger partial charge < -0.3 is 20.3 Å². The SMILES string of the molecule is CCOC(=O)NCC1Cc2cc(O)c(O)cc21. The second kappa shape index (κ2) is 4.53. The van der Waals surface area contributed by atoms with Crippen LogP contribution in [0.4, 0.5) is 4.79 Å². The molecule has 0 aliphatic heterocycles. The van der Waals surface area contributed by atoms with Crippen LogP contribution < -0.4 is 5.32 Å². The van der Waals surface area contributed by atoms with Gasteiger partial charge in [0.1, 0.15) is 0 Å². The summed E-state index contributed by atoms with van der Waals surface area (Å²) in [6.07, 6.45) is 0.360. The van der Waals surface area contributed by atoms with E-state index in [1.165, 1.54) is 0 Å². The van der Waals surface area contributed by atoms with Gasteiger partial charge in [0.05, 0.1) is 6.61 Å². The number of amides is 1. The maximum absolute atomic E-state index is 11.1. The molecule has 0 radical (unpaired) electrons. The van der Waals surface area contributed by atoms with E-state index in [0.29, 0.717) is 13.2 Å². The van der Waals surface area contributed by atoms with Gasteiger partial charge >= 0.3 is 6.09 Å². The van der Waals surface area contributed by atoms with Gasteiger partial charge in [-0.3, -0.25) is 0 Å². The highest BCUT2D eigenvalue weighted by molar-refractivity contribution is 5.67. The van der Waals surface area contributed by atoms with Crippen LogP contribution in [0.2, 0.25) is 0 Å². The first-order chi connectivity index (χ1) is 8.11. The van der Waals surface area contributed by atoms with Gasteiger partial charge in [-0.1, -0.05) is 0 Å². The minimum absolute atomic E-state index is 0.0967. The summed E-state index contributed by atoms with van der Waals surface area (Å²) >= 11 is 0. The van der Waals surface area contributed by atoms with Gasteiger partial charge in [0.25, 0.3) is 0 Å². The molecule has 1 atom stereocenters. The Labute approximate surface area is 99.0 Å². The van der Waals surface area contributed by atoms with E-state index < -0.39 is 6.09 Å². The van der Waals surface area contributed by atoms with Crippen molar-refractivity contribution in [2.24, 2.45) is 0 Å². The molecule has 92 valence electrons. The smallest absolute Gasteiger partial charge is 0.407 e. The molecule has 1 unspecified atom stereocenters. The number of aromatic hydroxyl groups is 2. The van der Waals surface area contributed by atoms with Crippen molar-refractivity contribution in [1.82, 2.24) is 5.32 Å². The highest BCUT2D eigenvalue weighted by Gasteiger charge is 2.28. The van der Waals surface area contributed by atoms with Crippen molar-refractivity contribution in [2.45, 2.75) is 19.3 Å². The fourth-order valence-corrected chi connectivity index (χ4v) is 2.01. The average Bonchev–Trinajstić information content (AvgIpc) is 2.27. The number of carbonyl (C=O) groups is 1. The van der Waals surface area contributed by atoms with Gasteiger partial charge in [-0.15, -0.1) is 0 Å². The Morgan fingerprint density at radius 2 is 2.18 bits per heavy atom. The summed E-state index contributed by atoms with van der Waals surface area (Å²) in [6.45, 7) is 2.58. The molecule has 1 aliphatic rings. The Morgan fingerprint density at radius 3 is 2.88 bits per heavy atom. The Hall–Kier alpha value is -1.91. The third kappa shape index (κ3) is 2.27. The average molecular weight is 237 g/mol. The van der Waals surface area contributed by atoms with Crippen molar-refractivity contribution >= 4 is 6.09 Å². The fourth-order valence-electron chi connectivity index (χ4n) is 2.01. The van der Waals surface area contributed by atoms with E-state index in [1.54, 1.807) is 19.1 Å². The number of phenols is 2. The topological polar surface area (TPSA) is 78.8 Å². The lowest BCUT2D eigenvalue weighted by Crippen LogP contribution is -2.33. The largest absolute Gasteiger partial charge is 0.504 e. The molecule has 1 aromatic carbocycles. The van der Waals surface area contributed by atoms with Crippen LogP contribution in [0, 0.1) is 0 Å². The second-order valence-corrected chi connectivity index (χ2v) is 4.04. The summed E-state index contributed by atoms with van der Waals surface area (Å²) < 4.78 is 4.75. The molecule has 1 amide bonds. The van der Waals surface area contributed by atoms with Crippen LogP contribution in [-0.2, 0) is 11.2 Å². The molecule has 0 heterocycles. The van der Waals surface area contributed by atoms with Crippen LogP contribution in [0.5, 0.6) is 11.5 Å². The first-order valence-corrected chi connectivity index (χ1v) is 5.57. The van der Waals surface area contributed by atoms with Crippen LogP contribution in [0.25, 0.3) is 0 Å². The van der Waals surface area contributed by atoms with E-state index in [-0.39, 0.29) is 17.4 Å². The highest BCUT2D eigenvalue weighted by atomic mass is 16.5. The number of nitrogens with one attached hydrogen (secondary N) is 1. The zero-order valence-electron chi connectivity index (χ0n) is 9.56. The number of ether oxygens (including phenoxy) is 1. The van der Waals surface area contributed by atoms with Crippen LogP contribution in [0.1, 0.15) is 24.0 Å². The molecule has 0 saturated carbocycles. The van der Waals surface area contributed by atoms with Crippen molar-refractivity contribution in [2.75, 3.05) is 13.2 Å². The summed E-state index contributed by atoms with van der Waals surface area (Å²) in [5.74, 6) is -0.0361. The summed E-state index contributed by atoms with van der Waals surface area (Å²) in [6, 6.07) is 3.11. The van der Waals surface area contributed by atoms with Gasteiger partial charge in [0, 0.05) is 12.5 Å². The highest BCUT2D eigenvalue weighted by Crippen LogP contribution is 2.40. The van der Waals surface area contributed by atoms with E-state index >= 15 is 0 Å². The maximum atomic E-state index is 11.1. The van der Waals surface area contributed by atoms with E-state index in [9.17, 15) is 15.0 Å². The number of hydrogen-bond acceptors (Lipinski definition) is 4. The normalized spacial score (nSPS) is 16.9. The molecule has 2 rings (SSSR count). The predicted octanol–water partition coefficient (Wildman–Crippen LogP) is 1.48. The van der Waals surface area contributed by atoms with Crippen molar-refractivity contribution in [1.29, 1.82) is 0 Å². The summed E-state index contributed by atoms with van der Waals surface area (Å²) in [4.78, 5) is 11.1. The van der Waals surface area contributed by atoms with Crippen molar-refractivity contribution in [3.63, 3.8) is 0 Å². The van der Waals surface area contributed by atoms with Gasteiger partial charge in [-0.05, 0) is 36.6 Å². The number of phenolic OH excluding ortho intramolecular Hbond substituents is 2. The second-order valence-electron chi connectivity index (χ2n) is 4.04. The molecule has 5 nitrogen and oxygen atoms in total. The third-order valence-corrected chi connectivity index (χ3v) is 2.91. The minimum atomic E-state index is -0.427. The lowest BCUT2D eigenvalue weighted by Gasteiger charge is -2.30. The van der Waals surface area contributed by atoms with Gasteiger partial charge in [-0.2, -0.15) is 0 Å². The molecular weight excluding hydrogens is 222 g/mol. The molecule has 1 aliphatic carbocycles. The summed E-state index contributed by atoms with van der Waals surface area (Å²) in [5.41, 5.74) is 1.98. The first-order valence-electron chi connectivity index (χ1n) is 5.57. The Balaban J connectivity index is 1.94. The lowest BCUT2D eigenvalue weighted by molar-refractivity contribution is 0.151. The third-order valence-electron chi connectivity index (χ3n) is 2.91. The molecular formula is C12H15NO4. The zero-order chi connectivity index (χ0) is 12.4. The lowest BCUT2D eigenvalue weighted by atomic mass is 9.77. The van der Waals surface area contributed by atoms with Gasteiger partial charge in [0.2, 0.25) is 0 Å². The zero-order valence-corrected chi connectivity index (χ0v) is 9.56. The van der Waals surface area contributed by atoms with Crippen molar-refractivity contribution in [3.05, 3.63) is 23.3 Å². The molecule has 17 heavy (non-hydrogen) atoms. The molecule has 1 aromatic rings. The number of rotatable bonds is 3. The first kappa shape index (κ1) is 11.6. The monoisotopic (exact) mass is 237 g/mol. The quantitative estimate of drug-likeness (QED) is 0.696. The molecule has 3 N–H and O–H groups in total. The Kier molecular flexibility index (Phi) is 3.08. The minimum Gasteiger partial charge on any atom is -0.504 e. The van der Waals surface area contributed by atoms with E-state index in [4.69, 9.17) is 4.74 Å². The molecule has 5 heteroatoms. The summed E-state index contributed by atoms with van der Waals surface area (Å²) in [7, 11) is 0. The maximum Gasteiger partial charge on any atom is 0.407 e. The molecule has 0 fully saturated rings. The van der Waals surface area contributed by atoms with Gasteiger partial charge in [-0.25, -0.2) is 4.79 Å².